The highest BCUT2D eigenvalue weighted by molar-refractivity contribution is 5.81. The molecule has 0 unspecified atom stereocenters. The van der Waals surface area contributed by atoms with Gasteiger partial charge in [-0.15, -0.1) is 0 Å². The highest BCUT2D eigenvalue weighted by Gasteiger charge is 2.10. The van der Waals surface area contributed by atoms with Crippen molar-refractivity contribution in [2.24, 2.45) is 0 Å². The van der Waals surface area contributed by atoms with E-state index >= 15 is 0 Å². The van der Waals surface area contributed by atoms with E-state index in [4.69, 9.17) is 14.2 Å². The predicted octanol–water partition coefficient (Wildman–Crippen LogP) is 2.70. The number of rotatable bonds is 9. The number of para-hydroxylation sites is 1. The first-order chi connectivity index (χ1) is 8.83. The zero-order valence-corrected chi connectivity index (χ0v) is 11.0. The Morgan fingerprint density at radius 2 is 1.94 bits per heavy atom. The van der Waals surface area contributed by atoms with E-state index in [1.807, 2.05) is 6.92 Å². The SMILES string of the molecule is CCCOCCOc1c(C=O)cccc1OCC. The lowest BCUT2D eigenvalue weighted by Gasteiger charge is -2.13. The van der Waals surface area contributed by atoms with E-state index in [0.29, 0.717) is 36.9 Å². The first-order valence-electron chi connectivity index (χ1n) is 6.25. The predicted molar refractivity (Wildman–Crippen MR) is 69.6 cm³/mol. The van der Waals surface area contributed by atoms with Crippen LogP contribution >= 0.6 is 0 Å². The minimum atomic E-state index is 0.408. The van der Waals surface area contributed by atoms with Crippen molar-refractivity contribution in [3.05, 3.63) is 23.8 Å². The number of hydrogen-bond donors (Lipinski definition) is 0. The molecule has 1 aromatic rings. The molecule has 0 saturated carbocycles. The monoisotopic (exact) mass is 252 g/mol. The lowest BCUT2D eigenvalue weighted by molar-refractivity contribution is 0.0977. The molecule has 4 heteroatoms. The molecular weight excluding hydrogens is 232 g/mol. The van der Waals surface area contributed by atoms with Crippen molar-refractivity contribution in [3.8, 4) is 11.5 Å². The van der Waals surface area contributed by atoms with Crippen LogP contribution in [0.3, 0.4) is 0 Å². The van der Waals surface area contributed by atoms with Crippen LogP contribution in [0.4, 0.5) is 0 Å². The molecule has 0 fully saturated rings. The van der Waals surface area contributed by atoms with E-state index < -0.39 is 0 Å². The fourth-order valence-corrected chi connectivity index (χ4v) is 1.50. The molecule has 0 atom stereocenters. The Balaban J connectivity index is 2.62. The van der Waals surface area contributed by atoms with Gasteiger partial charge in [-0.2, -0.15) is 0 Å². The Morgan fingerprint density at radius 1 is 1.11 bits per heavy atom. The van der Waals surface area contributed by atoms with Gasteiger partial charge in [0.2, 0.25) is 0 Å². The van der Waals surface area contributed by atoms with Gasteiger partial charge < -0.3 is 14.2 Å². The maximum Gasteiger partial charge on any atom is 0.171 e. The topological polar surface area (TPSA) is 44.8 Å². The van der Waals surface area contributed by atoms with Gasteiger partial charge in [0.1, 0.15) is 6.61 Å². The summed E-state index contributed by atoms with van der Waals surface area (Å²) in [5.74, 6) is 1.09. The summed E-state index contributed by atoms with van der Waals surface area (Å²) in [6.45, 7) is 6.11. The molecule has 0 aliphatic carbocycles. The van der Waals surface area contributed by atoms with Crippen molar-refractivity contribution in [3.63, 3.8) is 0 Å². The summed E-state index contributed by atoms with van der Waals surface area (Å²) in [4.78, 5) is 11.0. The molecule has 0 N–H and O–H groups in total. The lowest BCUT2D eigenvalue weighted by Crippen LogP contribution is -2.09. The second-order valence-corrected chi connectivity index (χ2v) is 3.69. The van der Waals surface area contributed by atoms with Gasteiger partial charge in [-0.05, 0) is 25.5 Å². The van der Waals surface area contributed by atoms with Crippen LogP contribution in [-0.2, 0) is 4.74 Å². The second kappa shape index (κ2) is 8.53. The van der Waals surface area contributed by atoms with Gasteiger partial charge in [-0.3, -0.25) is 4.79 Å². The van der Waals surface area contributed by atoms with Crippen LogP contribution in [0.25, 0.3) is 0 Å². The molecule has 18 heavy (non-hydrogen) atoms. The number of hydrogen-bond acceptors (Lipinski definition) is 4. The summed E-state index contributed by atoms with van der Waals surface area (Å²) in [6.07, 6.45) is 1.75. The van der Waals surface area contributed by atoms with Gasteiger partial charge in [0.25, 0.3) is 0 Å². The maximum absolute atomic E-state index is 11.0. The molecule has 0 amide bonds. The van der Waals surface area contributed by atoms with Crippen LogP contribution < -0.4 is 9.47 Å². The van der Waals surface area contributed by atoms with Gasteiger partial charge in [0.05, 0.1) is 18.8 Å². The molecule has 4 nitrogen and oxygen atoms in total. The molecule has 0 saturated heterocycles. The molecule has 1 rings (SSSR count). The van der Waals surface area contributed by atoms with Crippen molar-refractivity contribution in [2.75, 3.05) is 26.4 Å². The van der Waals surface area contributed by atoms with Crippen LogP contribution in [0.1, 0.15) is 30.6 Å². The summed E-state index contributed by atoms with van der Waals surface area (Å²) >= 11 is 0. The van der Waals surface area contributed by atoms with E-state index in [1.54, 1.807) is 18.2 Å². The molecular formula is C14H20O4. The van der Waals surface area contributed by atoms with Crippen molar-refractivity contribution < 1.29 is 19.0 Å². The third-order valence-electron chi connectivity index (χ3n) is 2.26. The molecule has 0 bridgehead atoms. The smallest absolute Gasteiger partial charge is 0.171 e. The Hall–Kier alpha value is -1.55. The van der Waals surface area contributed by atoms with E-state index in [9.17, 15) is 4.79 Å². The van der Waals surface area contributed by atoms with E-state index in [1.165, 1.54) is 0 Å². The fourth-order valence-electron chi connectivity index (χ4n) is 1.50. The summed E-state index contributed by atoms with van der Waals surface area (Å²) in [5.41, 5.74) is 0.497. The van der Waals surface area contributed by atoms with Crippen molar-refractivity contribution in [1.82, 2.24) is 0 Å². The normalized spacial score (nSPS) is 10.1. The number of carbonyl (C=O) groups is 1. The summed E-state index contributed by atoms with van der Waals surface area (Å²) in [6, 6.07) is 5.27. The standard InChI is InChI=1S/C14H20O4/c1-3-8-16-9-10-18-14-12(11-15)6-5-7-13(14)17-4-2/h5-7,11H,3-4,8-10H2,1-2H3. The van der Waals surface area contributed by atoms with Crippen molar-refractivity contribution >= 4 is 6.29 Å². The summed E-state index contributed by atoms with van der Waals surface area (Å²) in [5, 5.41) is 0. The first-order valence-corrected chi connectivity index (χ1v) is 6.25. The zero-order valence-electron chi connectivity index (χ0n) is 11.0. The minimum absolute atomic E-state index is 0.408. The molecule has 1 aromatic carbocycles. The Morgan fingerprint density at radius 3 is 2.61 bits per heavy atom. The Bertz CT molecular complexity index is 363. The van der Waals surface area contributed by atoms with Crippen LogP contribution in [0.5, 0.6) is 11.5 Å². The van der Waals surface area contributed by atoms with Gasteiger partial charge >= 0.3 is 0 Å². The number of ether oxygens (including phenoxy) is 3. The maximum atomic E-state index is 11.0. The second-order valence-electron chi connectivity index (χ2n) is 3.69. The third kappa shape index (κ3) is 4.37. The highest BCUT2D eigenvalue weighted by Crippen LogP contribution is 2.30. The zero-order chi connectivity index (χ0) is 13.2. The third-order valence-corrected chi connectivity index (χ3v) is 2.26. The van der Waals surface area contributed by atoms with Crippen LogP contribution in [0.15, 0.2) is 18.2 Å². The molecule has 0 spiro atoms. The van der Waals surface area contributed by atoms with E-state index in [0.717, 1.165) is 19.3 Å². The van der Waals surface area contributed by atoms with Crippen LogP contribution in [-0.4, -0.2) is 32.7 Å². The molecule has 0 aliphatic rings. The average molecular weight is 252 g/mol. The van der Waals surface area contributed by atoms with E-state index in [2.05, 4.69) is 6.92 Å². The van der Waals surface area contributed by atoms with Crippen LogP contribution in [0.2, 0.25) is 0 Å². The number of aldehydes is 1. The molecule has 0 aliphatic heterocycles. The van der Waals surface area contributed by atoms with Gasteiger partial charge in [-0.25, -0.2) is 0 Å². The van der Waals surface area contributed by atoms with Gasteiger partial charge in [-0.1, -0.05) is 13.0 Å². The first kappa shape index (κ1) is 14.5. The van der Waals surface area contributed by atoms with E-state index in [-0.39, 0.29) is 0 Å². The molecule has 0 aromatic heterocycles. The number of carbonyl (C=O) groups excluding carboxylic acids is 1. The molecule has 0 heterocycles. The highest BCUT2D eigenvalue weighted by atomic mass is 16.5. The van der Waals surface area contributed by atoms with Crippen molar-refractivity contribution in [1.29, 1.82) is 0 Å². The quantitative estimate of drug-likeness (QED) is 0.500. The van der Waals surface area contributed by atoms with Gasteiger partial charge in [0, 0.05) is 6.61 Å². The molecule has 100 valence electrons. The van der Waals surface area contributed by atoms with Gasteiger partial charge in [0.15, 0.2) is 17.8 Å². The molecule has 0 radical (unpaired) electrons. The minimum Gasteiger partial charge on any atom is -0.490 e. The van der Waals surface area contributed by atoms with Crippen LogP contribution in [0, 0.1) is 0 Å². The summed E-state index contributed by atoms with van der Waals surface area (Å²) < 4.78 is 16.3. The summed E-state index contributed by atoms with van der Waals surface area (Å²) in [7, 11) is 0. The largest absolute Gasteiger partial charge is 0.490 e. The Labute approximate surface area is 108 Å². The lowest BCUT2D eigenvalue weighted by atomic mass is 10.2. The fraction of sp³-hybridized carbons (Fsp3) is 0.500. The number of benzene rings is 1. The average Bonchev–Trinajstić information content (AvgIpc) is 2.40. The van der Waals surface area contributed by atoms with Crippen molar-refractivity contribution in [2.45, 2.75) is 20.3 Å². The Kier molecular flexibility index (Phi) is 6.87.